The van der Waals surface area contributed by atoms with Crippen LogP contribution < -0.4 is 4.74 Å². The van der Waals surface area contributed by atoms with E-state index in [1.807, 2.05) is 0 Å². The summed E-state index contributed by atoms with van der Waals surface area (Å²) >= 11 is 0. The highest BCUT2D eigenvalue weighted by Gasteiger charge is 1.92. The molecule has 0 saturated heterocycles. The van der Waals surface area contributed by atoms with Crippen LogP contribution in [0.15, 0.2) is 48.5 Å². The van der Waals surface area contributed by atoms with Gasteiger partial charge in [-0.2, -0.15) is 0 Å². The molecule has 90 valence electrons. The van der Waals surface area contributed by atoms with Crippen LogP contribution in [0.3, 0.4) is 0 Å². The molecule has 0 aliphatic rings. The molecule has 0 aliphatic carbocycles. The minimum Gasteiger partial charge on any atom is -0.508 e. The quantitative estimate of drug-likeness (QED) is 0.800. The van der Waals surface area contributed by atoms with E-state index in [9.17, 15) is 4.39 Å². The zero-order valence-electron chi connectivity index (χ0n) is 9.30. The van der Waals surface area contributed by atoms with Gasteiger partial charge in [-0.05, 0) is 36.4 Å². The Kier molecular flexibility index (Phi) is 4.81. The summed E-state index contributed by atoms with van der Waals surface area (Å²) in [5, 5.41) is 17.3. The molecule has 0 radical (unpaired) electrons. The summed E-state index contributed by atoms with van der Waals surface area (Å²) in [6, 6.07) is 12.2. The molecule has 2 aromatic carbocycles. The van der Waals surface area contributed by atoms with Gasteiger partial charge in [-0.1, -0.05) is 12.1 Å². The topological polar surface area (TPSA) is 49.7 Å². The second-order valence-electron chi connectivity index (χ2n) is 3.15. The highest BCUT2D eigenvalue weighted by molar-refractivity contribution is 5.29. The molecule has 0 heterocycles. The summed E-state index contributed by atoms with van der Waals surface area (Å²) in [5.74, 6) is 0.142. The van der Waals surface area contributed by atoms with Gasteiger partial charge in [-0.3, -0.25) is 0 Å². The first-order valence-corrected chi connectivity index (χ1v) is 4.90. The number of hydrogen-bond donors (Lipinski definition) is 2. The van der Waals surface area contributed by atoms with E-state index in [0.29, 0.717) is 0 Å². The molecule has 4 heteroatoms. The van der Waals surface area contributed by atoms with Gasteiger partial charge in [0.1, 0.15) is 11.5 Å². The molecule has 3 nitrogen and oxygen atoms in total. The lowest BCUT2D eigenvalue weighted by Crippen LogP contribution is -1.79. The van der Waals surface area contributed by atoms with Crippen molar-refractivity contribution in [3.8, 4) is 17.2 Å². The number of aromatic hydroxyl groups is 2. The van der Waals surface area contributed by atoms with Crippen molar-refractivity contribution in [1.82, 2.24) is 0 Å². The van der Waals surface area contributed by atoms with Crippen LogP contribution >= 0.6 is 0 Å². The van der Waals surface area contributed by atoms with E-state index in [2.05, 4.69) is 0 Å². The molecule has 0 unspecified atom stereocenters. The minimum absolute atomic E-state index is 0.260. The number of halogens is 1. The van der Waals surface area contributed by atoms with Crippen LogP contribution in [0.4, 0.5) is 4.39 Å². The molecule has 0 saturated carbocycles. The Bertz CT molecular complexity index is 433. The normalized spacial score (nSPS) is 9.06. The smallest absolute Gasteiger partial charge is 0.164 e. The zero-order chi connectivity index (χ0) is 12.7. The third-order valence-electron chi connectivity index (χ3n) is 1.92. The van der Waals surface area contributed by atoms with Crippen LogP contribution in [0.25, 0.3) is 0 Å². The summed E-state index contributed by atoms with van der Waals surface area (Å²) in [6.45, 7) is 0. The molecule has 2 rings (SSSR count). The van der Waals surface area contributed by atoms with Crippen LogP contribution in [-0.2, 0) is 0 Å². The molecular formula is C13H13FO3. The largest absolute Gasteiger partial charge is 0.508 e. The predicted octanol–water partition coefficient (Wildman–Crippen LogP) is 2.93. The second kappa shape index (κ2) is 6.37. The van der Waals surface area contributed by atoms with Crippen molar-refractivity contribution < 1.29 is 19.3 Å². The highest BCUT2D eigenvalue weighted by atomic mass is 19.1. The maximum atomic E-state index is 12.1. The standard InChI is InChI=1S/C7H8O2.C6H5FO/c1-9-7-4-2-6(8)3-5-7;7-5-3-1-2-4-6(5)8/h2-5,8H,1H3;1-4,8H. The third kappa shape index (κ3) is 4.42. The van der Waals surface area contributed by atoms with Crippen molar-refractivity contribution in [3.63, 3.8) is 0 Å². The van der Waals surface area contributed by atoms with E-state index in [1.54, 1.807) is 37.4 Å². The van der Waals surface area contributed by atoms with Crippen LogP contribution in [-0.4, -0.2) is 17.3 Å². The minimum atomic E-state index is -0.576. The van der Waals surface area contributed by atoms with Gasteiger partial charge in [-0.25, -0.2) is 4.39 Å². The van der Waals surface area contributed by atoms with Crippen molar-refractivity contribution in [2.45, 2.75) is 0 Å². The Morgan fingerprint density at radius 1 is 0.941 bits per heavy atom. The number of methoxy groups -OCH3 is 1. The first-order chi connectivity index (χ1) is 8.13. The Balaban J connectivity index is 0.000000171. The van der Waals surface area contributed by atoms with Crippen LogP contribution in [0.5, 0.6) is 17.2 Å². The second-order valence-corrected chi connectivity index (χ2v) is 3.15. The lowest BCUT2D eigenvalue weighted by atomic mass is 10.3. The van der Waals surface area contributed by atoms with Gasteiger partial charge in [0.25, 0.3) is 0 Å². The van der Waals surface area contributed by atoms with Gasteiger partial charge < -0.3 is 14.9 Å². The number of ether oxygens (including phenoxy) is 1. The fourth-order valence-electron chi connectivity index (χ4n) is 1.03. The average molecular weight is 236 g/mol. The van der Waals surface area contributed by atoms with Crippen molar-refractivity contribution >= 4 is 0 Å². The Labute approximate surface area is 98.7 Å². The number of para-hydroxylation sites is 1. The Morgan fingerprint density at radius 3 is 1.94 bits per heavy atom. The molecule has 0 amide bonds. The molecule has 0 spiro atoms. The van der Waals surface area contributed by atoms with Gasteiger partial charge >= 0.3 is 0 Å². The van der Waals surface area contributed by atoms with E-state index in [1.165, 1.54) is 18.2 Å². The fraction of sp³-hybridized carbons (Fsp3) is 0.0769. The summed E-state index contributed by atoms with van der Waals surface area (Å²) in [6.07, 6.45) is 0. The van der Waals surface area contributed by atoms with Crippen LogP contribution in [0.1, 0.15) is 0 Å². The molecule has 0 aromatic heterocycles. The molecule has 0 aliphatic heterocycles. The van der Waals surface area contributed by atoms with Gasteiger partial charge in [0.05, 0.1) is 7.11 Å². The summed E-state index contributed by atoms with van der Waals surface area (Å²) in [5.41, 5.74) is 0. The highest BCUT2D eigenvalue weighted by Crippen LogP contribution is 2.14. The Hall–Kier alpha value is -2.23. The van der Waals surface area contributed by atoms with Crippen LogP contribution in [0, 0.1) is 5.82 Å². The van der Waals surface area contributed by atoms with Crippen molar-refractivity contribution in [2.75, 3.05) is 7.11 Å². The maximum Gasteiger partial charge on any atom is 0.164 e. The summed E-state index contributed by atoms with van der Waals surface area (Å²) in [7, 11) is 1.59. The maximum absolute atomic E-state index is 12.1. The van der Waals surface area contributed by atoms with Crippen molar-refractivity contribution in [3.05, 3.63) is 54.3 Å². The number of phenols is 2. The first kappa shape index (κ1) is 12.8. The van der Waals surface area contributed by atoms with Crippen molar-refractivity contribution in [2.24, 2.45) is 0 Å². The third-order valence-corrected chi connectivity index (χ3v) is 1.92. The molecule has 0 fully saturated rings. The van der Waals surface area contributed by atoms with E-state index in [0.717, 1.165) is 5.75 Å². The monoisotopic (exact) mass is 236 g/mol. The first-order valence-electron chi connectivity index (χ1n) is 4.90. The summed E-state index contributed by atoms with van der Waals surface area (Å²) < 4.78 is 16.9. The molecule has 17 heavy (non-hydrogen) atoms. The molecule has 2 N–H and O–H groups in total. The van der Waals surface area contributed by atoms with Gasteiger partial charge in [0.2, 0.25) is 0 Å². The van der Waals surface area contributed by atoms with E-state index in [4.69, 9.17) is 14.9 Å². The number of benzene rings is 2. The van der Waals surface area contributed by atoms with Crippen molar-refractivity contribution in [1.29, 1.82) is 0 Å². The van der Waals surface area contributed by atoms with Gasteiger partial charge in [-0.15, -0.1) is 0 Å². The average Bonchev–Trinajstić information content (AvgIpc) is 2.35. The fourth-order valence-corrected chi connectivity index (χ4v) is 1.03. The van der Waals surface area contributed by atoms with Gasteiger partial charge in [0.15, 0.2) is 11.6 Å². The van der Waals surface area contributed by atoms with Crippen LogP contribution in [0.2, 0.25) is 0 Å². The number of rotatable bonds is 1. The number of phenolic OH excluding ortho intramolecular Hbond substituents is 2. The van der Waals surface area contributed by atoms with Gasteiger partial charge in [0, 0.05) is 0 Å². The lowest BCUT2D eigenvalue weighted by molar-refractivity contribution is 0.412. The van der Waals surface area contributed by atoms with E-state index < -0.39 is 5.82 Å². The SMILES string of the molecule is COc1ccc(O)cc1.Oc1ccccc1F. The predicted molar refractivity (Wildman–Crippen MR) is 62.7 cm³/mol. The lowest BCUT2D eigenvalue weighted by Gasteiger charge is -1.96. The number of hydrogen-bond acceptors (Lipinski definition) is 3. The van der Waals surface area contributed by atoms with E-state index >= 15 is 0 Å². The zero-order valence-corrected chi connectivity index (χ0v) is 9.30. The Morgan fingerprint density at radius 2 is 1.53 bits per heavy atom. The molecule has 0 bridgehead atoms. The van der Waals surface area contributed by atoms with E-state index in [-0.39, 0.29) is 11.5 Å². The summed E-state index contributed by atoms with van der Waals surface area (Å²) in [4.78, 5) is 0. The molecule has 0 atom stereocenters. The molecule has 2 aromatic rings. The molecular weight excluding hydrogens is 223 g/mol.